The molecular weight excluding hydrogens is 332 g/mol. The molecule has 2 aromatic heterocycles. The van der Waals surface area contributed by atoms with Crippen molar-refractivity contribution in [3.05, 3.63) is 40.8 Å². The smallest absolute Gasteiger partial charge is 0.220 e. The van der Waals surface area contributed by atoms with Crippen LogP contribution in [0.2, 0.25) is 0 Å². The van der Waals surface area contributed by atoms with Crippen molar-refractivity contribution in [3.8, 4) is 5.88 Å². The fraction of sp³-hybridized carbons (Fsp3) is 0.526. The second-order valence-electron chi connectivity index (χ2n) is 6.98. The van der Waals surface area contributed by atoms with Gasteiger partial charge < -0.3 is 15.2 Å². The first-order chi connectivity index (χ1) is 12.5. The SMILES string of the molecule is COc1ccc(C(NC(=O)CCc2n[nH]c(C)c2C)C2CC(O)C2)cn1. The third-order valence-electron chi connectivity index (χ3n) is 5.21. The normalized spacial score (nSPS) is 20.3. The molecule has 26 heavy (non-hydrogen) atoms. The molecule has 0 spiro atoms. The number of hydrogen-bond acceptors (Lipinski definition) is 5. The summed E-state index contributed by atoms with van der Waals surface area (Å²) < 4.78 is 5.10. The number of pyridine rings is 1. The Morgan fingerprint density at radius 2 is 2.19 bits per heavy atom. The Balaban J connectivity index is 1.64. The average Bonchev–Trinajstić information content (AvgIpc) is 2.94. The molecule has 1 atom stereocenters. The van der Waals surface area contributed by atoms with E-state index in [4.69, 9.17) is 4.74 Å². The van der Waals surface area contributed by atoms with E-state index < -0.39 is 0 Å². The minimum Gasteiger partial charge on any atom is -0.481 e. The summed E-state index contributed by atoms with van der Waals surface area (Å²) in [5, 5.41) is 20.0. The summed E-state index contributed by atoms with van der Waals surface area (Å²) in [7, 11) is 1.57. The Morgan fingerprint density at radius 3 is 2.73 bits per heavy atom. The van der Waals surface area contributed by atoms with Crippen molar-refractivity contribution >= 4 is 5.91 Å². The number of aliphatic hydroxyl groups excluding tert-OH is 1. The van der Waals surface area contributed by atoms with E-state index in [1.165, 1.54) is 0 Å². The van der Waals surface area contributed by atoms with Crippen molar-refractivity contribution in [2.75, 3.05) is 7.11 Å². The highest BCUT2D eigenvalue weighted by Crippen LogP contribution is 2.38. The lowest BCUT2D eigenvalue weighted by molar-refractivity contribution is -0.123. The van der Waals surface area contributed by atoms with Crippen LogP contribution in [0.1, 0.15) is 47.8 Å². The lowest BCUT2D eigenvalue weighted by atomic mass is 9.75. The summed E-state index contributed by atoms with van der Waals surface area (Å²) in [6, 6.07) is 3.56. The van der Waals surface area contributed by atoms with Crippen LogP contribution in [-0.4, -0.2) is 39.4 Å². The maximum atomic E-state index is 12.5. The molecule has 0 aromatic carbocycles. The maximum Gasteiger partial charge on any atom is 0.220 e. The van der Waals surface area contributed by atoms with Crippen molar-refractivity contribution in [2.24, 2.45) is 5.92 Å². The summed E-state index contributed by atoms with van der Waals surface area (Å²) in [6.07, 6.45) is 3.81. The van der Waals surface area contributed by atoms with E-state index in [-0.39, 0.29) is 24.0 Å². The van der Waals surface area contributed by atoms with Crippen molar-refractivity contribution in [1.29, 1.82) is 0 Å². The second kappa shape index (κ2) is 7.86. The first kappa shape index (κ1) is 18.4. The van der Waals surface area contributed by atoms with Gasteiger partial charge in [0.15, 0.2) is 0 Å². The second-order valence-corrected chi connectivity index (χ2v) is 6.98. The van der Waals surface area contributed by atoms with Gasteiger partial charge in [0, 0.05) is 30.8 Å². The quantitative estimate of drug-likeness (QED) is 0.703. The number of carbonyl (C=O) groups is 1. The number of methoxy groups -OCH3 is 1. The van der Waals surface area contributed by atoms with Crippen molar-refractivity contribution in [3.63, 3.8) is 0 Å². The first-order valence-electron chi connectivity index (χ1n) is 8.95. The number of nitrogens with one attached hydrogen (secondary N) is 2. The van der Waals surface area contributed by atoms with Crippen LogP contribution < -0.4 is 10.1 Å². The summed E-state index contributed by atoms with van der Waals surface area (Å²) in [5.41, 5.74) is 4.00. The van der Waals surface area contributed by atoms with E-state index in [0.717, 1.165) is 22.5 Å². The van der Waals surface area contributed by atoms with Crippen LogP contribution >= 0.6 is 0 Å². The van der Waals surface area contributed by atoms with E-state index in [0.29, 0.717) is 31.6 Å². The average molecular weight is 358 g/mol. The number of carbonyl (C=O) groups excluding carboxylic acids is 1. The zero-order valence-electron chi connectivity index (χ0n) is 15.5. The Labute approximate surface area is 153 Å². The van der Waals surface area contributed by atoms with E-state index in [9.17, 15) is 9.90 Å². The van der Waals surface area contributed by atoms with Crippen LogP contribution in [0, 0.1) is 19.8 Å². The van der Waals surface area contributed by atoms with Gasteiger partial charge >= 0.3 is 0 Å². The lowest BCUT2D eigenvalue weighted by Gasteiger charge is -2.38. The summed E-state index contributed by atoms with van der Waals surface area (Å²) >= 11 is 0. The molecule has 3 N–H and O–H groups in total. The molecule has 7 nitrogen and oxygen atoms in total. The third kappa shape index (κ3) is 4.04. The maximum absolute atomic E-state index is 12.5. The number of ether oxygens (including phenoxy) is 1. The molecule has 7 heteroatoms. The third-order valence-corrected chi connectivity index (χ3v) is 5.21. The lowest BCUT2D eigenvalue weighted by Crippen LogP contribution is -2.41. The van der Waals surface area contributed by atoms with Crippen LogP contribution in [-0.2, 0) is 11.2 Å². The van der Waals surface area contributed by atoms with E-state index in [1.807, 2.05) is 19.9 Å². The van der Waals surface area contributed by atoms with Gasteiger partial charge in [0.25, 0.3) is 0 Å². The fourth-order valence-corrected chi connectivity index (χ4v) is 3.33. The number of aliphatic hydroxyl groups is 1. The van der Waals surface area contributed by atoms with E-state index in [2.05, 4.69) is 20.5 Å². The number of aromatic amines is 1. The van der Waals surface area contributed by atoms with Gasteiger partial charge in [-0.1, -0.05) is 6.07 Å². The van der Waals surface area contributed by atoms with Gasteiger partial charge in [-0.3, -0.25) is 9.89 Å². The molecule has 1 saturated carbocycles. The van der Waals surface area contributed by atoms with Crippen molar-refractivity contribution < 1.29 is 14.6 Å². The fourth-order valence-electron chi connectivity index (χ4n) is 3.33. The molecule has 0 radical (unpaired) electrons. The standard InChI is InChI=1S/C19H26N4O3/c1-11-12(2)22-23-16(11)5-6-17(25)21-19(14-8-15(24)9-14)13-4-7-18(26-3)20-10-13/h4,7,10,14-15,19,24H,5-6,8-9H2,1-3H3,(H,21,25)(H,22,23). The molecule has 0 saturated heterocycles. The highest BCUT2D eigenvalue weighted by molar-refractivity contribution is 5.76. The first-order valence-corrected chi connectivity index (χ1v) is 8.95. The molecule has 1 amide bonds. The molecular formula is C19H26N4O3. The number of hydrogen-bond donors (Lipinski definition) is 3. The van der Waals surface area contributed by atoms with Crippen LogP contribution in [0.4, 0.5) is 0 Å². The summed E-state index contributed by atoms with van der Waals surface area (Å²) in [4.78, 5) is 16.8. The van der Waals surface area contributed by atoms with E-state index >= 15 is 0 Å². The zero-order chi connectivity index (χ0) is 18.7. The number of rotatable bonds is 7. The molecule has 0 aliphatic heterocycles. The van der Waals surface area contributed by atoms with Crippen LogP contribution in [0.25, 0.3) is 0 Å². The molecule has 140 valence electrons. The number of amides is 1. The minimum absolute atomic E-state index is 0.0211. The Kier molecular flexibility index (Phi) is 5.56. The molecule has 1 fully saturated rings. The highest BCUT2D eigenvalue weighted by Gasteiger charge is 2.35. The molecule has 1 aliphatic rings. The van der Waals surface area contributed by atoms with Crippen molar-refractivity contribution in [1.82, 2.24) is 20.5 Å². The van der Waals surface area contributed by atoms with Gasteiger partial charge in [-0.25, -0.2) is 4.98 Å². The molecule has 1 unspecified atom stereocenters. The molecule has 2 aromatic rings. The number of aromatic nitrogens is 3. The Morgan fingerprint density at radius 1 is 1.42 bits per heavy atom. The van der Waals surface area contributed by atoms with Crippen LogP contribution in [0.5, 0.6) is 5.88 Å². The van der Waals surface area contributed by atoms with Gasteiger partial charge in [-0.2, -0.15) is 5.10 Å². The number of H-pyrrole nitrogens is 1. The topological polar surface area (TPSA) is 100 Å². The number of aryl methyl sites for hydroxylation is 2. The van der Waals surface area contributed by atoms with E-state index in [1.54, 1.807) is 19.4 Å². The summed E-state index contributed by atoms with van der Waals surface area (Å²) in [6.45, 7) is 3.98. The minimum atomic E-state index is -0.278. The van der Waals surface area contributed by atoms with Crippen molar-refractivity contribution in [2.45, 2.75) is 51.7 Å². The van der Waals surface area contributed by atoms with Gasteiger partial charge in [0.05, 0.1) is 24.9 Å². The largest absolute Gasteiger partial charge is 0.481 e. The van der Waals surface area contributed by atoms with Crippen LogP contribution in [0.15, 0.2) is 18.3 Å². The zero-order valence-corrected chi connectivity index (χ0v) is 15.5. The summed E-state index contributed by atoms with van der Waals surface area (Å²) in [5.74, 6) is 0.739. The molecule has 1 aliphatic carbocycles. The van der Waals surface area contributed by atoms with Gasteiger partial charge in [0.1, 0.15) is 0 Å². The van der Waals surface area contributed by atoms with Gasteiger partial charge in [0.2, 0.25) is 11.8 Å². The van der Waals surface area contributed by atoms with Gasteiger partial charge in [-0.15, -0.1) is 0 Å². The van der Waals surface area contributed by atoms with Crippen LogP contribution in [0.3, 0.4) is 0 Å². The predicted molar refractivity (Wildman–Crippen MR) is 96.8 cm³/mol. The monoisotopic (exact) mass is 358 g/mol. The molecule has 2 heterocycles. The molecule has 0 bridgehead atoms. The molecule has 3 rings (SSSR count). The van der Waals surface area contributed by atoms with Gasteiger partial charge in [-0.05, 0) is 43.7 Å². The number of nitrogens with zero attached hydrogens (tertiary/aromatic N) is 2. The highest BCUT2D eigenvalue weighted by atomic mass is 16.5. The predicted octanol–water partition coefficient (Wildman–Crippen LogP) is 1.99. The Hall–Kier alpha value is -2.41. The Bertz CT molecular complexity index is 751.